The molecule has 0 aliphatic heterocycles. The minimum Gasteiger partial charge on any atom is -0.345 e. The Morgan fingerprint density at radius 1 is 0.920 bits per heavy atom. The number of hydrogen-bond acceptors (Lipinski definition) is 1. The van der Waals surface area contributed by atoms with E-state index in [1.54, 1.807) is 12.1 Å². The average Bonchev–Trinajstić information content (AvgIpc) is 2.64. The highest BCUT2D eigenvalue weighted by molar-refractivity contribution is 9.10. The topological polar surface area (TPSA) is 29.1 Å². The van der Waals surface area contributed by atoms with E-state index in [-0.39, 0.29) is 24.2 Å². The molecule has 0 radical (unpaired) electrons. The lowest BCUT2D eigenvalue weighted by molar-refractivity contribution is -0.121. The van der Waals surface area contributed by atoms with Gasteiger partial charge in [-0.25, -0.2) is 4.39 Å². The molecule has 0 fully saturated rings. The van der Waals surface area contributed by atoms with Gasteiger partial charge in [-0.15, -0.1) is 0 Å². The number of nitrogens with one attached hydrogen (secondary N) is 1. The number of hydrogen-bond donors (Lipinski definition) is 1. The molecular weight excluding hydrogens is 381 g/mol. The highest BCUT2D eigenvalue weighted by Crippen LogP contribution is 2.22. The maximum absolute atomic E-state index is 13.9. The zero-order valence-corrected chi connectivity index (χ0v) is 15.0. The molecular formula is C21H17BrFNO. The molecule has 0 heterocycles. The van der Waals surface area contributed by atoms with Crippen LogP contribution in [0.3, 0.4) is 0 Å². The number of benzene rings is 3. The van der Waals surface area contributed by atoms with Gasteiger partial charge in [-0.1, -0.05) is 76.6 Å². The first kappa shape index (κ1) is 17.4. The van der Waals surface area contributed by atoms with Crippen LogP contribution in [-0.4, -0.2) is 5.91 Å². The Kier molecular flexibility index (Phi) is 5.61. The van der Waals surface area contributed by atoms with Crippen LogP contribution in [0, 0.1) is 5.82 Å². The summed E-state index contributed by atoms with van der Waals surface area (Å²) in [5.41, 5.74) is 2.33. The van der Waals surface area contributed by atoms with Crippen molar-refractivity contribution in [2.45, 2.75) is 12.5 Å². The summed E-state index contributed by atoms with van der Waals surface area (Å²) in [7, 11) is 0. The fourth-order valence-electron chi connectivity index (χ4n) is 2.71. The summed E-state index contributed by atoms with van der Waals surface area (Å²) in [5, 5.41) is 3.02. The van der Waals surface area contributed by atoms with Crippen LogP contribution in [0.2, 0.25) is 0 Å². The van der Waals surface area contributed by atoms with E-state index >= 15 is 0 Å². The van der Waals surface area contributed by atoms with Crippen LogP contribution in [0.5, 0.6) is 0 Å². The molecule has 0 aromatic heterocycles. The van der Waals surface area contributed by atoms with Crippen LogP contribution < -0.4 is 5.32 Å². The predicted molar refractivity (Wildman–Crippen MR) is 101 cm³/mol. The fourth-order valence-corrected chi connectivity index (χ4v) is 3.12. The first-order chi connectivity index (χ1) is 12.1. The van der Waals surface area contributed by atoms with Crippen molar-refractivity contribution in [3.05, 3.63) is 106 Å². The number of carbonyl (C=O) groups excluding carboxylic acids is 1. The minimum atomic E-state index is -0.380. The Balaban J connectivity index is 1.83. The van der Waals surface area contributed by atoms with Crippen LogP contribution in [0.4, 0.5) is 4.39 Å². The smallest absolute Gasteiger partial charge is 0.225 e. The van der Waals surface area contributed by atoms with Gasteiger partial charge in [0.05, 0.1) is 12.5 Å². The molecule has 0 saturated heterocycles. The lowest BCUT2D eigenvalue weighted by atomic mass is 9.98. The predicted octanol–water partition coefficient (Wildman–Crippen LogP) is 5.04. The Labute approximate surface area is 154 Å². The van der Waals surface area contributed by atoms with Crippen molar-refractivity contribution in [3.8, 4) is 0 Å². The van der Waals surface area contributed by atoms with E-state index in [0.29, 0.717) is 5.56 Å². The average molecular weight is 398 g/mol. The molecule has 3 aromatic rings. The second kappa shape index (κ2) is 8.08. The van der Waals surface area contributed by atoms with Crippen molar-refractivity contribution in [1.29, 1.82) is 0 Å². The van der Waals surface area contributed by atoms with Crippen LogP contribution in [0.25, 0.3) is 0 Å². The maximum atomic E-state index is 13.9. The van der Waals surface area contributed by atoms with Gasteiger partial charge in [0, 0.05) is 4.47 Å². The molecule has 0 atom stereocenters. The SMILES string of the molecule is O=C(Cc1cc(Br)ccc1F)NC(c1ccccc1)c1ccccc1. The lowest BCUT2D eigenvalue weighted by Crippen LogP contribution is -2.30. The zero-order valence-electron chi connectivity index (χ0n) is 13.5. The first-order valence-corrected chi connectivity index (χ1v) is 8.76. The molecule has 1 amide bonds. The highest BCUT2D eigenvalue weighted by atomic mass is 79.9. The van der Waals surface area contributed by atoms with Gasteiger partial charge in [0.1, 0.15) is 5.82 Å². The quantitative estimate of drug-likeness (QED) is 0.641. The van der Waals surface area contributed by atoms with E-state index in [2.05, 4.69) is 21.2 Å². The molecule has 3 rings (SSSR count). The van der Waals surface area contributed by atoms with Gasteiger partial charge in [0.2, 0.25) is 5.91 Å². The molecule has 4 heteroatoms. The molecule has 0 bridgehead atoms. The van der Waals surface area contributed by atoms with E-state index < -0.39 is 0 Å². The summed E-state index contributed by atoms with van der Waals surface area (Å²) in [6.45, 7) is 0. The third-order valence-electron chi connectivity index (χ3n) is 3.93. The molecule has 0 aliphatic rings. The van der Waals surface area contributed by atoms with Crippen molar-refractivity contribution >= 4 is 21.8 Å². The fraction of sp³-hybridized carbons (Fsp3) is 0.0952. The molecule has 0 saturated carbocycles. The number of rotatable bonds is 5. The second-order valence-electron chi connectivity index (χ2n) is 5.73. The van der Waals surface area contributed by atoms with Crippen molar-refractivity contribution in [1.82, 2.24) is 5.32 Å². The summed E-state index contributed by atoms with van der Waals surface area (Å²) in [6.07, 6.45) is -0.0125. The molecule has 25 heavy (non-hydrogen) atoms. The summed E-state index contributed by atoms with van der Waals surface area (Å²) in [4.78, 5) is 12.5. The van der Waals surface area contributed by atoms with E-state index in [0.717, 1.165) is 15.6 Å². The van der Waals surface area contributed by atoms with Crippen molar-refractivity contribution < 1.29 is 9.18 Å². The molecule has 0 aliphatic carbocycles. The molecule has 2 nitrogen and oxygen atoms in total. The van der Waals surface area contributed by atoms with Crippen molar-refractivity contribution in [2.75, 3.05) is 0 Å². The lowest BCUT2D eigenvalue weighted by Gasteiger charge is -2.20. The van der Waals surface area contributed by atoms with E-state index in [9.17, 15) is 9.18 Å². The summed E-state index contributed by atoms with van der Waals surface area (Å²) in [5.74, 6) is -0.607. The summed E-state index contributed by atoms with van der Waals surface area (Å²) < 4.78 is 14.7. The molecule has 3 aromatic carbocycles. The van der Waals surface area contributed by atoms with E-state index in [1.165, 1.54) is 6.07 Å². The first-order valence-electron chi connectivity index (χ1n) is 7.96. The number of amides is 1. The standard InChI is InChI=1S/C21H17BrFNO/c22-18-11-12-19(23)17(13-18)14-20(25)24-21(15-7-3-1-4-8-15)16-9-5-2-6-10-16/h1-13,21H,14H2,(H,24,25). The normalized spacial score (nSPS) is 10.7. The molecule has 1 N–H and O–H groups in total. The Hall–Kier alpha value is -2.46. The van der Waals surface area contributed by atoms with Crippen molar-refractivity contribution in [2.24, 2.45) is 0 Å². The van der Waals surface area contributed by atoms with Gasteiger partial charge in [-0.2, -0.15) is 0 Å². The van der Waals surface area contributed by atoms with Gasteiger partial charge < -0.3 is 5.32 Å². The van der Waals surface area contributed by atoms with Gasteiger partial charge in [-0.3, -0.25) is 4.79 Å². The largest absolute Gasteiger partial charge is 0.345 e. The van der Waals surface area contributed by atoms with Gasteiger partial charge >= 0.3 is 0 Å². The van der Waals surface area contributed by atoms with Gasteiger partial charge in [0.25, 0.3) is 0 Å². The number of carbonyl (C=O) groups is 1. The third kappa shape index (κ3) is 4.54. The third-order valence-corrected chi connectivity index (χ3v) is 4.42. The number of halogens is 2. The second-order valence-corrected chi connectivity index (χ2v) is 6.65. The highest BCUT2D eigenvalue weighted by Gasteiger charge is 2.17. The minimum absolute atomic E-state index is 0.0125. The molecule has 0 spiro atoms. The van der Waals surface area contributed by atoms with Crippen LogP contribution in [-0.2, 0) is 11.2 Å². The molecule has 126 valence electrons. The summed E-state index contributed by atoms with van der Waals surface area (Å²) in [6, 6.07) is 23.8. The van der Waals surface area contributed by atoms with Crippen molar-refractivity contribution in [3.63, 3.8) is 0 Å². The maximum Gasteiger partial charge on any atom is 0.225 e. The van der Waals surface area contributed by atoms with Gasteiger partial charge in [-0.05, 0) is 34.9 Å². The summed E-state index contributed by atoms with van der Waals surface area (Å²) >= 11 is 3.31. The van der Waals surface area contributed by atoms with Crippen LogP contribution >= 0.6 is 15.9 Å². The zero-order chi connectivity index (χ0) is 17.6. The van der Waals surface area contributed by atoms with Crippen LogP contribution in [0.1, 0.15) is 22.7 Å². The Morgan fingerprint density at radius 2 is 1.48 bits per heavy atom. The van der Waals surface area contributed by atoms with E-state index in [1.807, 2.05) is 60.7 Å². The van der Waals surface area contributed by atoms with E-state index in [4.69, 9.17) is 0 Å². The molecule has 0 unspecified atom stereocenters. The Bertz CT molecular complexity index is 813. The Morgan fingerprint density at radius 3 is 2.04 bits per heavy atom. The van der Waals surface area contributed by atoms with Crippen LogP contribution in [0.15, 0.2) is 83.3 Å². The monoisotopic (exact) mass is 397 g/mol. The van der Waals surface area contributed by atoms with Gasteiger partial charge in [0.15, 0.2) is 0 Å².